The van der Waals surface area contributed by atoms with Crippen LogP contribution < -0.4 is 20.8 Å². The lowest BCUT2D eigenvalue weighted by Crippen LogP contribution is -2.21. The summed E-state index contributed by atoms with van der Waals surface area (Å²) in [6, 6.07) is 24.8. The number of carbonyl (C=O) groups is 2. The molecule has 43 heavy (non-hydrogen) atoms. The second kappa shape index (κ2) is 13.9. The Morgan fingerprint density at radius 3 is 2.47 bits per heavy atom. The molecule has 3 N–H and O–H groups in total. The van der Waals surface area contributed by atoms with E-state index >= 15 is 0 Å². The average molecular weight is 635 g/mol. The van der Waals surface area contributed by atoms with Gasteiger partial charge in [0, 0.05) is 37.8 Å². The van der Waals surface area contributed by atoms with E-state index in [9.17, 15) is 14.0 Å². The van der Waals surface area contributed by atoms with Crippen molar-refractivity contribution < 1.29 is 18.7 Å². The fourth-order valence-electron chi connectivity index (χ4n) is 3.78. The molecule has 0 fully saturated rings. The van der Waals surface area contributed by atoms with Gasteiger partial charge in [-0.25, -0.2) is 14.8 Å². The summed E-state index contributed by atoms with van der Waals surface area (Å²) in [6.45, 7) is -0.382. The Hall–Kier alpha value is -4.77. The second-order valence-corrected chi connectivity index (χ2v) is 10.7. The molecule has 0 spiro atoms. The summed E-state index contributed by atoms with van der Waals surface area (Å²) in [4.78, 5) is 29.5. The van der Waals surface area contributed by atoms with Crippen molar-refractivity contribution in [1.29, 1.82) is 0 Å². The Morgan fingerprint density at radius 1 is 0.953 bits per heavy atom. The quantitative estimate of drug-likeness (QED) is 0.108. The lowest BCUT2D eigenvalue weighted by molar-refractivity contribution is -0.118. The van der Waals surface area contributed by atoms with Gasteiger partial charge in [-0.05, 0) is 66.7 Å². The molecule has 5 aromatic rings. The number of nitrogens with one attached hydrogen (secondary N) is 3. The third-order valence-corrected chi connectivity index (χ3v) is 7.14. The summed E-state index contributed by atoms with van der Waals surface area (Å²) in [5, 5.41) is 13.4. The van der Waals surface area contributed by atoms with Gasteiger partial charge >= 0.3 is 0 Å². The number of para-hydroxylation sites is 1. The van der Waals surface area contributed by atoms with Crippen LogP contribution >= 0.6 is 34.5 Å². The van der Waals surface area contributed by atoms with Gasteiger partial charge in [-0.3, -0.25) is 9.59 Å². The summed E-state index contributed by atoms with van der Waals surface area (Å²) in [5.74, 6) is -1.24. The van der Waals surface area contributed by atoms with Crippen molar-refractivity contribution in [2.75, 3.05) is 17.2 Å². The van der Waals surface area contributed by atoms with Crippen molar-refractivity contribution >= 4 is 69.1 Å². The molecule has 0 aliphatic heterocycles. The molecule has 0 aliphatic rings. The number of thiazole rings is 1. The van der Waals surface area contributed by atoms with E-state index in [2.05, 4.69) is 26.1 Å². The van der Waals surface area contributed by atoms with Gasteiger partial charge in [-0.2, -0.15) is 5.10 Å². The van der Waals surface area contributed by atoms with Crippen molar-refractivity contribution in [1.82, 2.24) is 10.4 Å². The van der Waals surface area contributed by atoms with Crippen molar-refractivity contribution in [3.8, 4) is 17.0 Å². The molecule has 8 nitrogen and oxygen atoms in total. The number of hydrogen-bond acceptors (Lipinski definition) is 7. The van der Waals surface area contributed by atoms with Crippen LogP contribution in [0.4, 0.5) is 20.9 Å². The van der Waals surface area contributed by atoms with E-state index in [4.69, 9.17) is 27.9 Å². The van der Waals surface area contributed by atoms with Crippen molar-refractivity contribution in [3.05, 3.63) is 123 Å². The molecule has 0 saturated heterocycles. The lowest BCUT2D eigenvalue weighted by Gasteiger charge is -2.10. The molecule has 1 heterocycles. The van der Waals surface area contributed by atoms with Gasteiger partial charge in [-0.1, -0.05) is 47.5 Å². The van der Waals surface area contributed by atoms with Gasteiger partial charge < -0.3 is 15.4 Å². The molecule has 0 atom stereocenters. The van der Waals surface area contributed by atoms with Gasteiger partial charge in [0.15, 0.2) is 11.7 Å². The zero-order chi connectivity index (χ0) is 30.2. The molecule has 5 rings (SSSR count). The van der Waals surface area contributed by atoms with E-state index in [1.54, 1.807) is 60.7 Å². The number of nitrogens with zero attached hydrogens (tertiary/aromatic N) is 2. The number of anilines is 3. The molecule has 0 saturated carbocycles. The standard InChI is InChI=1S/C31H22Cl2FN5O3S/c32-22-9-12-24(13-10-22)36-31-38-27(18-43-31)19-5-7-20(8-6-19)30(41)39-35-16-21-15-23(33)11-14-28(21)42-17-29(40)37-26-4-2-1-3-25(26)34/h1-16,18H,17H2,(H,36,38)(H,37,40)(H,39,41)/b35-16-. The predicted octanol–water partition coefficient (Wildman–Crippen LogP) is 7.78. The maximum absolute atomic E-state index is 13.8. The highest BCUT2D eigenvalue weighted by atomic mass is 35.5. The minimum atomic E-state index is -0.555. The highest BCUT2D eigenvalue weighted by Gasteiger charge is 2.11. The van der Waals surface area contributed by atoms with Crippen LogP contribution in [0.15, 0.2) is 101 Å². The van der Waals surface area contributed by atoms with Crippen LogP contribution in [-0.4, -0.2) is 29.6 Å². The first-order chi connectivity index (χ1) is 20.8. The minimum absolute atomic E-state index is 0.0484. The summed E-state index contributed by atoms with van der Waals surface area (Å²) in [5.41, 5.74) is 5.82. The molecule has 12 heteroatoms. The SMILES string of the molecule is O=C(COc1ccc(Cl)cc1/C=N\NC(=O)c1ccc(-c2csc(Nc3ccc(Cl)cc3)n2)cc1)Nc1ccccc1F. The number of amides is 2. The number of rotatable bonds is 10. The summed E-state index contributed by atoms with van der Waals surface area (Å²) < 4.78 is 19.4. The fraction of sp³-hybridized carbons (Fsp3) is 0.0323. The number of ether oxygens (including phenoxy) is 1. The molecule has 0 bridgehead atoms. The van der Waals surface area contributed by atoms with E-state index < -0.39 is 17.6 Å². The van der Waals surface area contributed by atoms with Crippen molar-refractivity contribution in [2.24, 2.45) is 5.10 Å². The third-order valence-electron chi connectivity index (χ3n) is 5.89. The van der Waals surface area contributed by atoms with E-state index in [1.165, 1.54) is 35.8 Å². The molecule has 0 radical (unpaired) electrons. The van der Waals surface area contributed by atoms with Crippen LogP contribution in [0.25, 0.3) is 11.3 Å². The number of hydrogen-bond donors (Lipinski definition) is 3. The smallest absolute Gasteiger partial charge is 0.271 e. The number of benzene rings is 4. The first-order valence-electron chi connectivity index (χ1n) is 12.7. The topological polar surface area (TPSA) is 105 Å². The summed E-state index contributed by atoms with van der Waals surface area (Å²) in [7, 11) is 0. The van der Waals surface area contributed by atoms with Crippen LogP contribution in [0.3, 0.4) is 0 Å². The molecule has 1 aromatic heterocycles. The number of aromatic nitrogens is 1. The van der Waals surface area contributed by atoms with Crippen LogP contribution in [0.2, 0.25) is 10.0 Å². The maximum Gasteiger partial charge on any atom is 0.271 e. The van der Waals surface area contributed by atoms with Gasteiger partial charge in [0.2, 0.25) is 0 Å². The minimum Gasteiger partial charge on any atom is -0.483 e. The highest BCUT2D eigenvalue weighted by molar-refractivity contribution is 7.14. The molecule has 4 aromatic carbocycles. The van der Waals surface area contributed by atoms with Crippen molar-refractivity contribution in [2.45, 2.75) is 0 Å². The largest absolute Gasteiger partial charge is 0.483 e. The van der Waals surface area contributed by atoms with Crippen LogP contribution in [0.5, 0.6) is 5.75 Å². The van der Waals surface area contributed by atoms with Gasteiger partial charge in [0.25, 0.3) is 11.8 Å². The molecular formula is C31H22Cl2FN5O3S. The third kappa shape index (κ3) is 8.16. The average Bonchev–Trinajstić information content (AvgIpc) is 3.47. The Morgan fingerprint density at radius 2 is 1.70 bits per heavy atom. The van der Waals surface area contributed by atoms with Gasteiger partial charge in [0.1, 0.15) is 11.6 Å². The maximum atomic E-state index is 13.8. The normalized spacial score (nSPS) is 10.9. The fourth-order valence-corrected chi connectivity index (χ4v) is 4.83. The zero-order valence-electron chi connectivity index (χ0n) is 22.2. The molecule has 216 valence electrons. The second-order valence-electron chi connectivity index (χ2n) is 8.95. The van der Waals surface area contributed by atoms with Crippen molar-refractivity contribution in [3.63, 3.8) is 0 Å². The van der Waals surface area contributed by atoms with Gasteiger partial charge in [0.05, 0.1) is 17.6 Å². The molecular weight excluding hydrogens is 612 g/mol. The van der Waals surface area contributed by atoms with E-state index in [0.717, 1.165) is 22.1 Å². The van der Waals surface area contributed by atoms with Gasteiger partial charge in [-0.15, -0.1) is 11.3 Å². The zero-order valence-corrected chi connectivity index (χ0v) is 24.5. The predicted molar refractivity (Wildman–Crippen MR) is 169 cm³/mol. The lowest BCUT2D eigenvalue weighted by atomic mass is 10.1. The first-order valence-corrected chi connectivity index (χ1v) is 14.4. The Bertz CT molecular complexity index is 1780. The van der Waals surface area contributed by atoms with Crippen LogP contribution in [-0.2, 0) is 4.79 Å². The number of carbonyl (C=O) groups excluding carboxylic acids is 2. The van der Waals surface area contributed by atoms with Crippen LogP contribution in [0, 0.1) is 5.82 Å². The van der Waals surface area contributed by atoms with Crippen LogP contribution in [0.1, 0.15) is 15.9 Å². The monoisotopic (exact) mass is 633 g/mol. The summed E-state index contributed by atoms with van der Waals surface area (Å²) >= 11 is 13.5. The number of hydrazone groups is 1. The Labute approximate surface area is 260 Å². The Kier molecular flexibility index (Phi) is 9.63. The molecule has 0 unspecified atom stereocenters. The van der Waals surface area contributed by atoms with E-state index in [1.807, 2.05) is 17.5 Å². The van der Waals surface area contributed by atoms with E-state index in [-0.39, 0.29) is 12.3 Å². The first kappa shape index (κ1) is 29.7. The summed E-state index contributed by atoms with van der Waals surface area (Å²) in [6.07, 6.45) is 1.35. The molecule has 2 amide bonds. The number of halogens is 3. The Balaban J connectivity index is 1.17. The molecule has 0 aliphatic carbocycles. The highest BCUT2D eigenvalue weighted by Crippen LogP contribution is 2.28. The van der Waals surface area contributed by atoms with E-state index in [0.29, 0.717) is 26.9 Å².